The fraction of sp³-hybridized carbons (Fsp3) is 0.455. The van der Waals surface area contributed by atoms with Gasteiger partial charge in [-0.3, -0.25) is 19.4 Å². The minimum atomic E-state index is -0.354. The van der Waals surface area contributed by atoms with Crippen LogP contribution in [-0.4, -0.2) is 57.8 Å². The number of carbonyl (C=O) groups excluding carboxylic acids is 2. The molecule has 0 bridgehead atoms. The van der Waals surface area contributed by atoms with Gasteiger partial charge in [-0.2, -0.15) is 0 Å². The molecule has 2 aromatic rings. The van der Waals surface area contributed by atoms with Crippen molar-refractivity contribution in [1.82, 2.24) is 19.8 Å². The number of piperidine rings is 2. The van der Waals surface area contributed by atoms with Gasteiger partial charge in [-0.1, -0.05) is 6.07 Å². The maximum atomic E-state index is 12.9. The quantitative estimate of drug-likeness (QED) is 0.858. The standard InChI is InChI=1S/C22H26N4O3/c27-19-7-10-22(15-25(19)14-8-17-5-1-2-11-23-17)9-4-13-26(16-22)21(29)18-6-3-12-24-20(18)28/h1-3,5-6,11-12H,4,7-10,13-16H2,(H,24,28)/t22-/m0/s1. The molecule has 1 N–H and O–H groups in total. The summed E-state index contributed by atoms with van der Waals surface area (Å²) < 4.78 is 0. The molecule has 2 saturated heterocycles. The van der Waals surface area contributed by atoms with Gasteiger partial charge in [-0.25, -0.2) is 0 Å². The lowest BCUT2D eigenvalue weighted by atomic mass is 9.73. The van der Waals surface area contributed by atoms with Crippen molar-refractivity contribution in [1.29, 1.82) is 0 Å². The first-order valence-corrected chi connectivity index (χ1v) is 10.2. The SMILES string of the molecule is O=C1CC[C@@]2(CCCN(C(=O)c3ccc[nH]c3=O)C2)CN1CCc1ccccn1. The molecule has 0 saturated carbocycles. The summed E-state index contributed by atoms with van der Waals surface area (Å²) in [6.07, 6.45) is 7.21. The van der Waals surface area contributed by atoms with E-state index >= 15 is 0 Å². The lowest BCUT2D eigenvalue weighted by Crippen LogP contribution is -2.55. The maximum Gasteiger partial charge on any atom is 0.260 e. The van der Waals surface area contributed by atoms with Crippen LogP contribution < -0.4 is 5.56 Å². The van der Waals surface area contributed by atoms with E-state index in [2.05, 4.69) is 9.97 Å². The highest BCUT2D eigenvalue weighted by Crippen LogP contribution is 2.39. The number of H-pyrrole nitrogens is 1. The zero-order chi connectivity index (χ0) is 20.3. The van der Waals surface area contributed by atoms with Crippen LogP contribution in [0.5, 0.6) is 0 Å². The molecule has 2 amide bonds. The van der Waals surface area contributed by atoms with E-state index < -0.39 is 0 Å². The highest BCUT2D eigenvalue weighted by Gasteiger charge is 2.42. The molecule has 4 rings (SSSR count). The van der Waals surface area contributed by atoms with Gasteiger partial charge in [0.1, 0.15) is 5.56 Å². The molecule has 2 fully saturated rings. The number of likely N-dealkylation sites (tertiary alicyclic amines) is 2. The first-order chi connectivity index (χ1) is 14.1. The summed E-state index contributed by atoms with van der Waals surface area (Å²) in [7, 11) is 0. The Morgan fingerprint density at radius 3 is 2.83 bits per heavy atom. The highest BCUT2D eigenvalue weighted by molar-refractivity contribution is 5.94. The molecule has 0 radical (unpaired) electrons. The molecule has 0 unspecified atom stereocenters. The molecule has 2 aromatic heterocycles. The molecule has 1 atom stereocenters. The van der Waals surface area contributed by atoms with Crippen LogP contribution in [0.2, 0.25) is 0 Å². The topological polar surface area (TPSA) is 86.4 Å². The number of carbonyl (C=O) groups is 2. The second kappa shape index (κ2) is 8.19. The molecule has 7 heteroatoms. The van der Waals surface area contributed by atoms with Gasteiger partial charge in [0.15, 0.2) is 0 Å². The van der Waals surface area contributed by atoms with Gasteiger partial charge in [0.2, 0.25) is 5.91 Å². The molecule has 1 spiro atoms. The zero-order valence-corrected chi connectivity index (χ0v) is 16.5. The van der Waals surface area contributed by atoms with Crippen LogP contribution in [0.4, 0.5) is 0 Å². The van der Waals surface area contributed by atoms with Gasteiger partial charge in [-0.05, 0) is 43.5 Å². The molecular formula is C22H26N4O3. The minimum Gasteiger partial charge on any atom is -0.342 e. The smallest absolute Gasteiger partial charge is 0.260 e. The van der Waals surface area contributed by atoms with Crippen molar-refractivity contribution in [2.75, 3.05) is 26.2 Å². The molecule has 2 aliphatic heterocycles. The minimum absolute atomic E-state index is 0.0898. The lowest BCUT2D eigenvalue weighted by Gasteiger charge is -2.48. The van der Waals surface area contributed by atoms with Crippen LogP contribution in [0.25, 0.3) is 0 Å². The summed E-state index contributed by atoms with van der Waals surface area (Å²) in [4.78, 5) is 48.1. The Morgan fingerprint density at radius 1 is 1.14 bits per heavy atom. The molecular weight excluding hydrogens is 368 g/mol. The maximum absolute atomic E-state index is 12.9. The van der Waals surface area contributed by atoms with E-state index in [0.29, 0.717) is 32.6 Å². The second-order valence-electron chi connectivity index (χ2n) is 8.13. The second-order valence-corrected chi connectivity index (χ2v) is 8.13. The first-order valence-electron chi connectivity index (χ1n) is 10.2. The Bertz CT molecular complexity index is 942. The Hall–Kier alpha value is -2.96. The van der Waals surface area contributed by atoms with Crippen LogP contribution in [-0.2, 0) is 11.2 Å². The number of amides is 2. The van der Waals surface area contributed by atoms with E-state index in [1.54, 1.807) is 23.2 Å². The number of aromatic nitrogens is 2. The van der Waals surface area contributed by atoms with Gasteiger partial charge < -0.3 is 14.8 Å². The number of pyridine rings is 2. The Balaban J connectivity index is 1.45. The molecule has 29 heavy (non-hydrogen) atoms. The Kier molecular flexibility index (Phi) is 5.47. The van der Waals surface area contributed by atoms with Crippen molar-refractivity contribution >= 4 is 11.8 Å². The van der Waals surface area contributed by atoms with Crippen LogP contribution in [0.1, 0.15) is 41.7 Å². The Morgan fingerprint density at radius 2 is 2.03 bits per heavy atom. The number of hydrogen-bond donors (Lipinski definition) is 1. The third-order valence-corrected chi connectivity index (χ3v) is 6.11. The average Bonchev–Trinajstić information content (AvgIpc) is 2.75. The summed E-state index contributed by atoms with van der Waals surface area (Å²) in [6.45, 7) is 2.54. The van der Waals surface area contributed by atoms with Gasteiger partial charge in [-0.15, -0.1) is 0 Å². The van der Waals surface area contributed by atoms with Gasteiger partial charge in [0, 0.05) is 62.5 Å². The van der Waals surface area contributed by atoms with Crippen molar-refractivity contribution in [3.63, 3.8) is 0 Å². The van der Waals surface area contributed by atoms with Crippen molar-refractivity contribution in [2.24, 2.45) is 5.41 Å². The summed E-state index contributed by atoms with van der Waals surface area (Å²) >= 11 is 0. The normalized spacial score (nSPS) is 22.1. The third-order valence-electron chi connectivity index (χ3n) is 6.11. The molecule has 152 valence electrons. The fourth-order valence-electron chi connectivity index (χ4n) is 4.58. The van der Waals surface area contributed by atoms with Gasteiger partial charge in [0.25, 0.3) is 11.5 Å². The molecule has 4 heterocycles. The predicted octanol–water partition coefficient (Wildman–Crippen LogP) is 1.86. The number of nitrogens with one attached hydrogen (secondary N) is 1. The number of nitrogens with zero attached hydrogens (tertiary/aromatic N) is 3. The third kappa shape index (κ3) is 4.23. The molecule has 0 aliphatic carbocycles. The Labute approximate surface area is 169 Å². The number of hydrogen-bond acceptors (Lipinski definition) is 4. The summed E-state index contributed by atoms with van der Waals surface area (Å²) in [5, 5.41) is 0. The van der Waals surface area contributed by atoms with Crippen molar-refractivity contribution in [3.8, 4) is 0 Å². The number of rotatable bonds is 4. The zero-order valence-electron chi connectivity index (χ0n) is 16.5. The molecule has 7 nitrogen and oxygen atoms in total. The van der Waals surface area contributed by atoms with Gasteiger partial charge >= 0.3 is 0 Å². The molecule has 2 aliphatic rings. The van der Waals surface area contributed by atoms with E-state index in [1.807, 2.05) is 23.1 Å². The first kappa shape index (κ1) is 19.4. The lowest BCUT2D eigenvalue weighted by molar-refractivity contribution is -0.138. The van der Waals surface area contributed by atoms with E-state index in [1.165, 1.54) is 6.20 Å². The highest BCUT2D eigenvalue weighted by atomic mass is 16.2. The van der Waals surface area contributed by atoms with E-state index in [-0.39, 0.29) is 28.4 Å². The van der Waals surface area contributed by atoms with Crippen molar-refractivity contribution in [2.45, 2.75) is 32.1 Å². The largest absolute Gasteiger partial charge is 0.342 e. The van der Waals surface area contributed by atoms with Crippen LogP contribution in [0.15, 0.2) is 47.5 Å². The molecule has 0 aromatic carbocycles. The van der Waals surface area contributed by atoms with Crippen molar-refractivity contribution in [3.05, 3.63) is 64.3 Å². The average molecular weight is 394 g/mol. The number of aromatic amines is 1. The van der Waals surface area contributed by atoms with E-state index in [9.17, 15) is 14.4 Å². The van der Waals surface area contributed by atoms with E-state index in [4.69, 9.17) is 0 Å². The van der Waals surface area contributed by atoms with Crippen LogP contribution in [0, 0.1) is 5.41 Å². The fourth-order valence-corrected chi connectivity index (χ4v) is 4.58. The predicted molar refractivity (Wildman–Crippen MR) is 108 cm³/mol. The van der Waals surface area contributed by atoms with Gasteiger partial charge in [0.05, 0.1) is 0 Å². The summed E-state index contributed by atoms with van der Waals surface area (Å²) in [6, 6.07) is 9.06. The van der Waals surface area contributed by atoms with Crippen LogP contribution in [0.3, 0.4) is 0 Å². The van der Waals surface area contributed by atoms with Crippen LogP contribution >= 0.6 is 0 Å². The van der Waals surface area contributed by atoms with E-state index in [0.717, 1.165) is 31.4 Å². The van der Waals surface area contributed by atoms with Crippen molar-refractivity contribution < 1.29 is 9.59 Å². The summed E-state index contributed by atoms with van der Waals surface area (Å²) in [5.74, 6) is -0.0441. The monoisotopic (exact) mass is 394 g/mol. The summed E-state index contributed by atoms with van der Waals surface area (Å²) in [5.41, 5.74) is 0.716.